The first-order chi connectivity index (χ1) is 16.8. The Morgan fingerprint density at radius 2 is 1.92 bits per heavy atom. The first-order valence-electron chi connectivity index (χ1n) is 11.2. The van der Waals surface area contributed by atoms with Gasteiger partial charge < -0.3 is 19.4 Å². The second kappa shape index (κ2) is 15.8. The van der Waals surface area contributed by atoms with Crippen LogP contribution in [0.1, 0.15) is 48.8 Å². The number of nitrogens with one attached hydrogen (secondary N) is 2. The molecule has 1 aromatic heterocycles. The van der Waals surface area contributed by atoms with E-state index in [-0.39, 0.29) is 43.1 Å². The van der Waals surface area contributed by atoms with Gasteiger partial charge in [-0.15, -0.1) is 0 Å². The van der Waals surface area contributed by atoms with Crippen LogP contribution in [0.5, 0.6) is 0 Å². The van der Waals surface area contributed by atoms with Crippen LogP contribution in [-0.4, -0.2) is 30.3 Å². The Morgan fingerprint density at radius 1 is 1.22 bits per heavy atom. The van der Waals surface area contributed by atoms with Crippen LogP contribution in [0.15, 0.2) is 53.1 Å². The Morgan fingerprint density at radius 3 is 2.53 bits per heavy atom. The molecular weight excluding hydrogens is 533 g/mol. The minimum atomic E-state index is -0.516. The molecule has 0 atom stereocenters. The third-order valence-electron chi connectivity index (χ3n) is 5.04. The highest BCUT2D eigenvalue weighted by Crippen LogP contribution is 2.31. The number of rotatable bonds is 11. The lowest BCUT2D eigenvalue weighted by Crippen LogP contribution is -2.32. The summed E-state index contributed by atoms with van der Waals surface area (Å²) in [5, 5.41) is 2.93. The van der Waals surface area contributed by atoms with Crippen molar-refractivity contribution in [3.63, 3.8) is 0 Å². The van der Waals surface area contributed by atoms with Crippen molar-refractivity contribution in [3.8, 4) is 0 Å². The van der Waals surface area contributed by atoms with Gasteiger partial charge in [-0.25, -0.2) is 9.87 Å². The second-order valence-electron chi connectivity index (χ2n) is 7.49. The Balaban J connectivity index is 0.000000827. The van der Waals surface area contributed by atoms with E-state index in [1.165, 1.54) is 24.7 Å². The van der Waals surface area contributed by atoms with Gasteiger partial charge in [-0.3, -0.25) is 14.4 Å². The number of carbonyl (C=O) groups excluding carboxylic acids is 1. The summed E-state index contributed by atoms with van der Waals surface area (Å²) < 4.78 is 26.2. The Hall–Kier alpha value is -3.11. The van der Waals surface area contributed by atoms with Gasteiger partial charge in [0.1, 0.15) is 19.0 Å². The van der Waals surface area contributed by atoms with E-state index in [1.807, 2.05) is 0 Å². The first kappa shape index (κ1) is 30.9. The monoisotopic (exact) mass is 567 g/mol. The minimum Gasteiger partial charge on any atom is -0.502 e. The van der Waals surface area contributed by atoms with Crippen LogP contribution in [0.4, 0.5) is 15.8 Å². The summed E-state index contributed by atoms with van der Waals surface area (Å²) in [6.45, 7) is 12.2. The molecule has 0 unspecified atom stereocenters. The zero-order valence-electron chi connectivity index (χ0n) is 20.0. The summed E-state index contributed by atoms with van der Waals surface area (Å²) in [6, 6.07) is 4.51. The highest BCUT2D eigenvalue weighted by molar-refractivity contribution is 9.10. The van der Waals surface area contributed by atoms with E-state index in [4.69, 9.17) is 14.3 Å². The molecule has 1 aliphatic rings. The smallest absolute Gasteiger partial charge is 0.278 e. The summed E-state index contributed by atoms with van der Waals surface area (Å²) in [5.41, 5.74) is 3.81. The largest absolute Gasteiger partial charge is 0.502 e. The number of anilines is 2. The van der Waals surface area contributed by atoms with Gasteiger partial charge in [0.25, 0.3) is 11.5 Å². The van der Waals surface area contributed by atoms with E-state index >= 15 is 0 Å². The summed E-state index contributed by atoms with van der Waals surface area (Å²) in [5.74, 6) is -1.03. The fourth-order valence-electron chi connectivity index (χ4n) is 3.47. The zero-order chi connectivity index (χ0) is 25.8. The number of hydroxylamine groups is 1. The fraction of sp³-hybridized carbons (Fsp3) is 0.385. The van der Waals surface area contributed by atoms with Crippen molar-refractivity contribution in [1.82, 2.24) is 10.0 Å². The average molecular weight is 568 g/mol. The van der Waals surface area contributed by atoms with Crippen molar-refractivity contribution in [2.45, 2.75) is 47.1 Å². The van der Waals surface area contributed by atoms with E-state index in [9.17, 15) is 14.0 Å². The van der Waals surface area contributed by atoms with Gasteiger partial charge in [0, 0.05) is 22.3 Å². The molecule has 0 spiro atoms. The lowest BCUT2D eigenvalue weighted by Gasteiger charge is -2.19. The number of amides is 1. The molecule has 2 N–H and O–H groups in total. The maximum absolute atomic E-state index is 14.4. The van der Waals surface area contributed by atoms with Gasteiger partial charge in [0.2, 0.25) is 0 Å². The van der Waals surface area contributed by atoms with E-state index < -0.39 is 11.7 Å². The fourth-order valence-corrected chi connectivity index (χ4v) is 3.80. The van der Waals surface area contributed by atoms with Crippen LogP contribution < -0.4 is 16.4 Å². The van der Waals surface area contributed by atoms with Gasteiger partial charge >= 0.3 is 0 Å². The summed E-state index contributed by atoms with van der Waals surface area (Å²) >= 11 is 3.21. The molecule has 0 bridgehead atoms. The summed E-state index contributed by atoms with van der Waals surface area (Å²) in [6.07, 6.45) is 5.11. The van der Waals surface area contributed by atoms with Crippen LogP contribution >= 0.6 is 15.9 Å². The Labute approximate surface area is 220 Å². The third-order valence-corrected chi connectivity index (χ3v) is 5.54. The van der Waals surface area contributed by atoms with Crippen LogP contribution in [0.25, 0.3) is 0 Å². The highest BCUT2D eigenvalue weighted by Gasteiger charge is 2.27. The molecule has 10 heteroatoms. The van der Waals surface area contributed by atoms with Crippen molar-refractivity contribution in [2.24, 2.45) is 0 Å². The SMILES string of the molecule is C.C=COCCC.C=COCCONC(=O)c1c(Nc2ccc(Br)cc2F)c(C)c(=O)n2c1CCC2. The number of fused-ring (bicyclic) bond motifs is 1. The lowest BCUT2D eigenvalue weighted by atomic mass is 10.0. The van der Waals surface area contributed by atoms with Crippen LogP contribution in [0, 0.1) is 12.7 Å². The number of benzene rings is 1. The van der Waals surface area contributed by atoms with E-state index in [0.717, 1.165) is 19.4 Å². The zero-order valence-corrected chi connectivity index (χ0v) is 21.6. The molecule has 0 radical (unpaired) electrons. The minimum absolute atomic E-state index is 0. The average Bonchev–Trinajstić information content (AvgIpc) is 3.32. The molecule has 2 aromatic rings. The predicted molar refractivity (Wildman–Crippen MR) is 144 cm³/mol. The molecule has 8 nitrogen and oxygen atoms in total. The van der Waals surface area contributed by atoms with E-state index in [2.05, 4.69) is 46.8 Å². The molecule has 0 fully saturated rings. The number of nitrogens with zero attached hydrogens (tertiary/aromatic N) is 1. The molecule has 1 amide bonds. The van der Waals surface area contributed by atoms with Crippen molar-refractivity contribution in [2.75, 3.05) is 25.1 Å². The topological polar surface area (TPSA) is 90.8 Å². The van der Waals surface area contributed by atoms with Crippen molar-refractivity contribution >= 4 is 33.2 Å². The number of pyridine rings is 1. The van der Waals surface area contributed by atoms with Gasteiger partial charge in [0.05, 0.1) is 36.1 Å². The first-order valence-corrected chi connectivity index (χ1v) is 12.0. The van der Waals surface area contributed by atoms with Crippen molar-refractivity contribution in [3.05, 3.63) is 81.3 Å². The number of ether oxygens (including phenoxy) is 2. The van der Waals surface area contributed by atoms with Gasteiger partial charge in [0.15, 0.2) is 0 Å². The van der Waals surface area contributed by atoms with E-state index in [1.54, 1.807) is 17.6 Å². The third kappa shape index (κ3) is 8.23. The molecule has 36 heavy (non-hydrogen) atoms. The standard InChI is InChI=1S/C20H21BrFN3O4.C5H10O.CH4/c1-3-28-9-10-29-24-19(26)17-16-5-4-8-25(16)20(27)12(2)18(17)23-15-7-6-13(21)11-14(15)22;1-3-5-6-4-2;/h3,6-7,11,23H,1,4-5,8-10H2,2H3,(H,24,26);4H,2-3,5H2,1H3;1H4. The highest BCUT2D eigenvalue weighted by atomic mass is 79.9. The molecule has 3 rings (SSSR count). The predicted octanol–water partition coefficient (Wildman–Crippen LogP) is 5.76. The molecule has 1 aromatic carbocycles. The molecule has 0 saturated heterocycles. The van der Waals surface area contributed by atoms with E-state index in [0.29, 0.717) is 28.7 Å². The maximum Gasteiger partial charge on any atom is 0.278 e. The molecule has 0 aliphatic carbocycles. The maximum atomic E-state index is 14.4. The molecule has 0 saturated carbocycles. The summed E-state index contributed by atoms with van der Waals surface area (Å²) in [7, 11) is 0. The summed E-state index contributed by atoms with van der Waals surface area (Å²) in [4.78, 5) is 30.8. The van der Waals surface area contributed by atoms with Crippen molar-refractivity contribution < 1.29 is 23.5 Å². The van der Waals surface area contributed by atoms with Crippen molar-refractivity contribution in [1.29, 1.82) is 0 Å². The van der Waals surface area contributed by atoms with Gasteiger partial charge in [-0.2, -0.15) is 0 Å². The van der Waals surface area contributed by atoms with Crippen LogP contribution in [0.3, 0.4) is 0 Å². The molecule has 198 valence electrons. The number of aromatic nitrogens is 1. The Bertz CT molecular complexity index is 1100. The normalized spacial score (nSPS) is 11.2. The number of carbonyl (C=O) groups is 1. The van der Waals surface area contributed by atoms with Crippen LogP contribution in [-0.2, 0) is 27.3 Å². The lowest BCUT2D eigenvalue weighted by molar-refractivity contribution is 0.0144. The number of halogens is 2. The van der Waals surface area contributed by atoms with Gasteiger partial charge in [-0.1, -0.05) is 43.4 Å². The second-order valence-corrected chi connectivity index (χ2v) is 8.40. The quantitative estimate of drug-likeness (QED) is 0.204. The molecular formula is C26H35BrFN3O5. The van der Waals surface area contributed by atoms with Gasteiger partial charge in [-0.05, 0) is 44.4 Å². The molecule has 2 heterocycles. The molecule has 1 aliphatic heterocycles. The number of hydrogen-bond donors (Lipinski definition) is 2. The van der Waals surface area contributed by atoms with Crippen LogP contribution in [0.2, 0.25) is 0 Å². The number of hydrogen-bond acceptors (Lipinski definition) is 6. The Kier molecular flexibility index (Phi) is 13.6.